The zero-order chi connectivity index (χ0) is 13.8. The summed E-state index contributed by atoms with van der Waals surface area (Å²) in [6.07, 6.45) is 4.81. The first-order valence-corrected chi connectivity index (χ1v) is 7.50. The fourth-order valence-electron chi connectivity index (χ4n) is 3.20. The van der Waals surface area contributed by atoms with Crippen molar-refractivity contribution in [3.8, 4) is 0 Å². The fraction of sp³-hybridized carbons (Fsp3) is 1.00. The molecule has 2 unspecified atom stereocenters. The summed E-state index contributed by atoms with van der Waals surface area (Å²) >= 11 is 0. The predicted octanol–water partition coefficient (Wildman–Crippen LogP) is 2.25. The van der Waals surface area contributed by atoms with E-state index in [1.807, 2.05) is 0 Å². The molecule has 1 aliphatic carbocycles. The number of aliphatic hydroxyl groups excluding tert-OH is 1. The van der Waals surface area contributed by atoms with Crippen LogP contribution < -0.4 is 5.32 Å². The average Bonchev–Trinajstić information content (AvgIpc) is 2.68. The minimum absolute atomic E-state index is 0.0218. The Morgan fingerprint density at radius 1 is 1.33 bits per heavy atom. The Balaban J connectivity index is 2.57. The number of hydrogen-bond donors (Lipinski definition) is 2. The van der Waals surface area contributed by atoms with Crippen molar-refractivity contribution in [3.63, 3.8) is 0 Å². The second-order valence-corrected chi connectivity index (χ2v) is 6.57. The van der Waals surface area contributed by atoms with Crippen molar-refractivity contribution in [1.82, 2.24) is 10.2 Å². The lowest BCUT2D eigenvalue weighted by Gasteiger charge is -2.38. The summed E-state index contributed by atoms with van der Waals surface area (Å²) in [6, 6.07) is 1.05. The highest BCUT2D eigenvalue weighted by Gasteiger charge is 2.42. The van der Waals surface area contributed by atoms with Gasteiger partial charge in [-0.2, -0.15) is 0 Å². The van der Waals surface area contributed by atoms with Crippen LogP contribution in [0.1, 0.15) is 53.4 Å². The van der Waals surface area contributed by atoms with Crippen molar-refractivity contribution < 1.29 is 5.11 Å². The summed E-state index contributed by atoms with van der Waals surface area (Å²) in [6.45, 7) is 10.2. The van der Waals surface area contributed by atoms with Crippen molar-refractivity contribution in [2.75, 3.05) is 20.2 Å². The van der Waals surface area contributed by atoms with Crippen LogP contribution in [0, 0.1) is 5.92 Å². The Kier molecular flexibility index (Phi) is 6.09. The number of aliphatic hydroxyl groups is 1. The summed E-state index contributed by atoms with van der Waals surface area (Å²) in [5.74, 6) is 0.617. The van der Waals surface area contributed by atoms with Gasteiger partial charge in [-0.3, -0.25) is 0 Å². The van der Waals surface area contributed by atoms with Crippen LogP contribution in [0.5, 0.6) is 0 Å². The van der Waals surface area contributed by atoms with E-state index in [0.717, 1.165) is 13.0 Å². The first kappa shape index (κ1) is 15.9. The molecule has 0 aromatic heterocycles. The van der Waals surface area contributed by atoms with Crippen LogP contribution in [0.3, 0.4) is 0 Å². The van der Waals surface area contributed by atoms with Gasteiger partial charge < -0.3 is 15.3 Å². The van der Waals surface area contributed by atoms with Gasteiger partial charge in [-0.15, -0.1) is 0 Å². The van der Waals surface area contributed by atoms with Crippen molar-refractivity contribution >= 4 is 0 Å². The molecule has 0 aromatic rings. The monoisotopic (exact) mass is 256 g/mol. The zero-order valence-corrected chi connectivity index (χ0v) is 12.9. The van der Waals surface area contributed by atoms with Crippen LogP contribution in [0.25, 0.3) is 0 Å². The summed E-state index contributed by atoms with van der Waals surface area (Å²) in [5, 5.41) is 13.5. The molecule has 3 heteroatoms. The van der Waals surface area contributed by atoms with E-state index in [1.54, 1.807) is 0 Å². The average molecular weight is 256 g/mol. The van der Waals surface area contributed by atoms with E-state index in [9.17, 15) is 5.11 Å². The highest BCUT2D eigenvalue weighted by molar-refractivity contribution is 4.99. The molecule has 1 rings (SSSR count). The van der Waals surface area contributed by atoms with Gasteiger partial charge in [0.05, 0.1) is 6.61 Å². The quantitative estimate of drug-likeness (QED) is 0.733. The van der Waals surface area contributed by atoms with Gasteiger partial charge in [-0.1, -0.05) is 20.3 Å². The smallest absolute Gasteiger partial charge is 0.0616 e. The number of nitrogens with one attached hydrogen (secondary N) is 1. The van der Waals surface area contributed by atoms with E-state index >= 15 is 0 Å². The van der Waals surface area contributed by atoms with Gasteiger partial charge >= 0.3 is 0 Å². The van der Waals surface area contributed by atoms with Crippen molar-refractivity contribution in [1.29, 1.82) is 0 Å². The lowest BCUT2D eigenvalue weighted by atomic mass is 9.84. The minimum atomic E-state index is -0.0218. The molecule has 1 fully saturated rings. The molecule has 108 valence electrons. The molecule has 0 spiro atoms. The summed E-state index contributed by atoms with van der Waals surface area (Å²) in [5.41, 5.74) is -0.0218. The van der Waals surface area contributed by atoms with E-state index in [4.69, 9.17) is 0 Å². The second-order valence-electron chi connectivity index (χ2n) is 6.57. The molecule has 3 nitrogen and oxygen atoms in total. The Morgan fingerprint density at radius 2 is 2.00 bits per heavy atom. The third-order valence-corrected chi connectivity index (χ3v) is 4.53. The molecule has 0 bridgehead atoms. The summed E-state index contributed by atoms with van der Waals surface area (Å²) in [7, 11) is 2.19. The van der Waals surface area contributed by atoms with Crippen LogP contribution in [0.4, 0.5) is 0 Å². The second kappa shape index (κ2) is 6.88. The lowest BCUT2D eigenvalue weighted by molar-refractivity contribution is 0.103. The molecule has 0 heterocycles. The SMILES string of the molecule is CC(C)NC1(CO)CCCC1CCN(C)C(C)C. The molecule has 1 aliphatic rings. The van der Waals surface area contributed by atoms with E-state index in [-0.39, 0.29) is 12.1 Å². The number of nitrogens with zero attached hydrogens (tertiary/aromatic N) is 1. The Hall–Kier alpha value is -0.120. The zero-order valence-electron chi connectivity index (χ0n) is 12.9. The third kappa shape index (κ3) is 3.94. The van der Waals surface area contributed by atoms with Crippen LogP contribution >= 0.6 is 0 Å². The van der Waals surface area contributed by atoms with Crippen LogP contribution in [-0.2, 0) is 0 Å². The van der Waals surface area contributed by atoms with Crippen molar-refractivity contribution in [2.45, 2.75) is 71.0 Å². The third-order valence-electron chi connectivity index (χ3n) is 4.53. The Labute approximate surface area is 113 Å². The molecule has 1 saturated carbocycles. The largest absolute Gasteiger partial charge is 0.394 e. The Morgan fingerprint density at radius 3 is 2.50 bits per heavy atom. The summed E-state index contributed by atoms with van der Waals surface area (Å²) < 4.78 is 0. The lowest BCUT2D eigenvalue weighted by Crippen LogP contribution is -2.54. The maximum absolute atomic E-state index is 9.83. The molecule has 0 amide bonds. The van der Waals surface area contributed by atoms with Gasteiger partial charge in [0, 0.05) is 17.6 Å². The van der Waals surface area contributed by atoms with Gasteiger partial charge in [-0.25, -0.2) is 0 Å². The summed E-state index contributed by atoms with van der Waals surface area (Å²) in [4.78, 5) is 2.40. The molecule has 0 aromatic carbocycles. The molecule has 2 atom stereocenters. The minimum Gasteiger partial charge on any atom is -0.394 e. The first-order valence-electron chi connectivity index (χ1n) is 7.50. The fourth-order valence-corrected chi connectivity index (χ4v) is 3.20. The van der Waals surface area contributed by atoms with Gasteiger partial charge in [0.15, 0.2) is 0 Å². The van der Waals surface area contributed by atoms with Gasteiger partial charge in [0.25, 0.3) is 0 Å². The van der Waals surface area contributed by atoms with E-state index in [2.05, 4.69) is 45.0 Å². The van der Waals surface area contributed by atoms with Gasteiger partial charge in [0.2, 0.25) is 0 Å². The standard InChI is InChI=1S/C15H32N2O/c1-12(2)16-15(11-18)9-6-7-14(15)8-10-17(5)13(3)4/h12-14,16,18H,6-11H2,1-5H3. The van der Waals surface area contributed by atoms with E-state index < -0.39 is 0 Å². The molecular formula is C15H32N2O. The van der Waals surface area contributed by atoms with Gasteiger partial charge in [-0.05, 0) is 52.6 Å². The Bertz CT molecular complexity index is 243. The van der Waals surface area contributed by atoms with E-state index in [0.29, 0.717) is 18.0 Å². The normalized spacial score (nSPS) is 28.8. The van der Waals surface area contributed by atoms with Crippen LogP contribution in [-0.4, -0.2) is 47.8 Å². The highest BCUT2D eigenvalue weighted by atomic mass is 16.3. The number of hydrogen-bond acceptors (Lipinski definition) is 3. The van der Waals surface area contributed by atoms with Crippen molar-refractivity contribution in [3.05, 3.63) is 0 Å². The number of rotatable bonds is 7. The highest BCUT2D eigenvalue weighted by Crippen LogP contribution is 2.38. The molecular weight excluding hydrogens is 224 g/mol. The molecule has 0 aliphatic heterocycles. The molecule has 0 saturated heterocycles. The maximum Gasteiger partial charge on any atom is 0.0616 e. The first-order chi connectivity index (χ1) is 8.41. The topological polar surface area (TPSA) is 35.5 Å². The molecule has 18 heavy (non-hydrogen) atoms. The predicted molar refractivity (Wildman–Crippen MR) is 77.8 cm³/mol. The van der Waals surface area contributed by atoms with E-state index in [1.165, 1.54) is 19.3 Å². The van der Waals surface area contributed by atoms with Gasteiger partial charge in [0.1, 0.15) is 0 Å². The van der Waals surface area contributed by atoms with Crippen molar-refractivity contribution in [2.24, 2.45) is 5.92 Å². The van der Waals surface area contributed by atoms with Crippen LogP contribution in [0.2, 0.25) is 0 Å². The van der Waals surface area contributed by atoms with Crippen LogP contribution in [0.15, 0.2) is 0 Å². The molecule has 0 radical (unpaired) electrons. The maximum atomic E-state index is 9.83. The molecule has 2 N–H and O–H groups in total.